The van der Waals surface area contributed by atoms with Crippen molar-refractivity contribution in [3.05, 3.63) is 57.8 Å². The third-order valence-corrected chi connectivity index (χ3v) is 4.04. The van der Waals surface area contributed by atoms with E-state index in [1.807, 2.05) is 18.4 Å². The molecule has 0 aliphatic rings. The summed E-state index contributed by atoms with van der Waals surface area (Å²) < 4.78 is 0. The van der Waals surface area contributed by atoms with E-state index in [0.717, 1.165) is 0 Å². The van der Waals surface area contributed by atoms with Crippen LogP contribution in [0.25, 0.3) is 0 Å². The molecule has 21 heavy (non-hydrogen) atoms. The van der Waals surface area contributed by atoms with E-state index in [0.29, 0.717) is 29.1 Å². The third-order valence-electron chi connectivity index (χ3n) is 3.17. The van der Waals surface area contributed by atoms with Crippen molar-refractivity contribution in [2.75, 3.05) is 13.1 Å². The summed E-state index contributed by atoms with van der Waals surface area (Å²) in [5.41, 5.74) is 6.37. The summed E-state index contributed by atoms with van der Waals surface area (Å²) in [6.45, 7) is 2.97. The number of ketones is 1. The van der Waals surface area contributed by atoms with Gasteiger partial charge in [-0.05, 0) is 30.0 Å². The molecule has 1 aromatic carbocycles. The Balaban J connectivity index is 2.21. The Hall–Kier alpha value is -1.98. The second-order valence-corrected chi connectivity index (χ2v) is 5.85. The summed E-state index contributed by atoms with van der Waals surface area (Å²) in [6, 6.07) is 10.5. The highest BCUT2D eigenvalue weighted by Gasteiger charge is 2.18. The minimum absolute atomic E-state index is 0.123. The highest BCUT2D eigenvalue weighted by molar-refractivity contribution is 7.12. The van der Waals surface area contributed by atoms with E-state index in [1.165, 1.54) is 11.3 Å². The molecule has 0 saturated heterocycles. The largest absolute Gasteiger partial charge is 0.352 e. The SMILES string of the molecule is CC(CN)CNC(=O)c1ccccc1C(=O)c1cccs1. The molecule has 0 aliphatic heterocycles. The number of nitrogens with two attached hydrogens (primary N) is 1. The fourth-order valence-corrected chi connectivity index (χ4v) is 2.54. The lowest BCUT2D eigenvalue weighted by Gasteiger charge is -2.12. The zero-order valence-corrected chi connectivity index (χ0v) is 12.7. The predicted octanol–water partition coefficient (Wildman–Crippen LogP) is 2.30. The normalized spacial score (nSPS) is 11.9. The van der Waals surface area contributed by atoms with Gasteiger partial charge in [-0.3, -0.25) is 9.59 Å². The summed E-state index contributed by atoms with van der Waals surface area (Å²) in [7, 11) is 0. The molecule has 0 radical (unpaired) electrons. The Kier molecular flexibility index (Phi) is 5.25. The van der Waals surface area contributed by atoms with Crippen molar-refractivity contribution in [2.24, 2.45) is 11.7 Å². The van der Waals surface area contributed by atoms with Crippen molar-refractivity contribution in [3.63, 3.8) is 0 Å². The second kappa shape index (κ2) is 7.15. The molecule has 1 atom stereocenters. The monoisotopic (exact) mass is 302 g/mol. The Labute approximate surface area is 128 Å². The molecule has 1 heterocycles. The minimum Gasteiger partial charge on any atom is -0.352 e. The number of thiophene rings is 1. The standard InChI is InChI=1S/C16H18N2O2S/c1-11(9-17)10-18-16(20)13-6-3-2-5-12(13)15(19)14-7-4-8-21-14/h2-8,11H,9-10,17H2,1H3,(H,18,20). The van der Waals surface area contributed by atoms with E-state index in [2.05, 4.69) is 5.32 Å². The van der Waals surface area contributed by atoms with E-state index in [4.69, 9.17) is 5.73 Å². The van der Waals surface area contributed by atoms with Crippen molar-refractivity contribution in [2.45, 2.75) is 6.92 Å². The van der Waals surface area contributed by atoms with E-state index in [-0.39, 0.29) is 17.6 Å². The highest BCUT2D eigenvalue weighted by Crippen LogP contribution is 2.18. The zero-order valence-electron chi connectivity index (χ0n) is 11.8. The number of hydrogen-bond donors (Lipinski definition) is 2. The topological polar surface area (TPSA) is 72.2 Å². The lowest BCUT2D eigenvalue weighted by Crippen LogP contribution is -2.32. The molecule has 0 fully saturated rings. The fourth-order valence-electron chi connectivity index (χ4n) is 1.87. The Morgan fingerprint density at radius 1 is 1.19 bits per heavy atom. The molecule has 0 aliphatic carbocycles. The van der Waals surface area contributed by atoms with Gasteiger partial charge in [0.25, 0.3) is 5.91 Å². The lowest BCUT2D eigenvalue weighted by atomic mass is 10.0. The Morgan fingerprint density at radius 2 is 1.90 bits per heavy atom. The molecule has 1 aromatic heterocycles. The summed E-state index contributed by atoms with van der Waals surface area (Å²) in [6.07, 6.45) is 0. The van der Waals surface area contributed by atoms with Gasteiger partial charge >= 0.3 is 0 Å². The van der Waals surface area contributed by atoms with Crippen molar-refractivity contribution >= 4 is 23.0 Å². The molecule has 110 valence electrons. The van der Waals surface area contributed by atoms with Crippen LogP contribution in [0.5, 0.6) is 0 Å². The average molecular weight is 302 g/mol. The number of rotatable bonds is 6. The maximum absolute atomic E-state index is 12.4. The molecule has 3 N–H and O–H groups in total. The van der Waals surface area contributed by atoms with Crippen LogP contribution >= 0.6 is 11.3 Å². The summed E-state index contributed by atoms with van der Waals surface area (Å²) >= 11 is 1.37. The second-order valence-electron chi connectivity index (χ2n) is 4.90. The lowest BCUT2D eigenvalue weighted by molar-refractivity contribution is 0.0938. The van der Waals surface area contributed by atoms with E-state index < -0.39 is 0 Å². The van der Waals surface area contributed by atoms with Gasteiger partial charge in [-0.15, -0.1) is 11.3 Å². The number of carbonyl (C=O) groups excluding carboxylic acids is 2. The number of amides is 1. The molecule has 0 spiro atoms. The first-order chi connectivity index (χ1) is 10.1. The number of nitrogens with one attached hydrogen (secondary N) is 1. The highest BCUT2D eigenvalue weighted by atomic mass is 32.1. The van der Waals surface area contributed by atoms with Gasteiger partial charge in [0.1, 0.15) is 0 Å². The summed E-state index contributed by atoms with van der Waals surface area (Å²) in [4.78, 5) is 25.3. The van der Waals surface area contributed by atoms with Gasteiger partial charge in [0.2, 0.25) is 5.78 Å². The van der Waals surface area contributed by atoms with Crippen molar-refractivity contribution < 1.29 is 9.59 Å². The molecule has 1 amide bonds. The van der Waals surface area contributed by atoms with Crippen molar-refractivity contribution in [1.82, 2.24) is 5.32 Å². The molecule has 1 unspecified atom stereocenters. The van der Waals surface area contributed by atoms with E-state index in [1.54, 1.807) is 30.3 Å². The smallest absolute Gasteiger partial charge is 0.252 e. The predicted molar refractivity (Wildman–Crippen MR) is 84.7 cm³/mol. The van der Waals surface area contributed by atoms with Crippen LogP contribution in [-0.2, 0) is 0 Å². The van der Waals surface area contributed by atoms with Crippen molar-refractivity contribution in [1.29, 1.82) is 0 Å². The van der Waals surface area contributed by atoms with Crippen molar-refractivity contribution in [3.8, 4) is 0 Å². The van der Waals surface area contributed by atoms with Crippen LogP contribution in [0, 0.1) is 5.92 Å². The van der Waals surface area contributed by atoms with Crippen LogP contribution in [0.1, 0.15) is 32.5 Å². The maximum Gasteiger partial charge on any atom is 0.252 e. The molecule has 0 bridgehead atoms. The van der Waals surface area contributed by atoms with Gasteiger partial charge < -0.3 is 11.1 Å². The fraction of sp³-hybridized carbons (Fsp3) is 0.250. The molecule has 5 heteroatoms. The molecule has 0 saturated carbocycles. The molecular formula is C16H18N2O2S. The zero-order chi connectivity index (χ0) is 15.2. The first-order valence-corrected chi connectivity index (χ1v) is 7.67. The maximum atomic E-state index is 12.4. The van der Waals surface area contributed by atoms with Crippen LogP contribution in [-0.4, -0.2) is 24.8 Å². The average Bonchev–Trinajstić information content (AvgIpc) is 3.05. The summed E-state index contributed by atoms with van der Waals surface area (Å²) in [5, 5.41) is 4.67. The number of carbonyl (C=O) groups is 2. The minimum atomic E-state index is -0.240. The van der Waals surface area contributed by atoms with E-state index >= 15 is 0 Å². The van der Waals surface area contributed by atoms with Crippen LogP contribution in [0.4, 0.5) is 0 Å². The van der Waals surface area contributed by atoms with Crippen LogP contribution < -0.4 is 11.1 Å². The first kappa shape index (κ1) is 15.4. The number of hydrogen-bond acceptors (Lipinski definition) is 4. The van der Waals surface area contributed by atoms with Gasteiger partial charge in [0, 0.05) is 12.1 Å². The molecule has 2 aromatic rings. The van der Waals surface area contributed by atoms with E-state index in [9.17, 15) is 9.59 Å². The molecule has 4 nitrogen and oxygen atoms in total. The van der Waals surface area contributed by atoms with Crippen LogP contribution in [0.2, 0.25) is 0 Å². The van der Waals surface area contributed by atoms with Gasteiger partial charge in [0.15, 0.2) is 0 Å². The van der Waals surface area contributed by atoms with Gasteiger partial charge in [0.05, 0.1) is 10.4 Å². The van der Waals surface area contributed by atoms with Crippen LogP contribution in [0.3, 0.4) is 0 Å². The van der Waals surface area contributed by atoms with Gasteiger partial charge in [-0.25, -0.2) is 0 Å². The van der Waals surface area contributed by atoms with Gasteiger partial charge in [-0.1, -0.05) is 31.2 Å². The van der Waals surface area contributed by atoms with Gasteiger partial charge in [-0.2, -0.15) is 0 Å². The summed E-state index contributed by atoms with van der Waals surface area (Å²) in [5.74, 6) is -0.160. The Morgan fingerprint density at radius 3 is 2.52 bits per heavy atom. The Bertz CT molecular complexity index is 623. The number of benzene rings is 1. The quantitative estimate of drug-likeness (QED) is 0.804. The first-order valence-electron chi connectivity index (χ1n) is 6.79. The molecule has 2 rings (SSSR count). The third kappa shape index (κ3) is 3.77. The molecular weight excluding hydrogens is 284 g/mol. The van der Waals surface area contributed by atoms with Crippen LogP contribution in [0.15, 0.2) is 41.8 Å².